The molecule has 0 radical (unpaired) electrons. The van der Waals surface area contributed by atoms with Crippen molar-refractivity contribution < 1.29 is 22.3 Å². The second-order valence-corrected chi connectivity index (χ2v) is 11.5. The van der Waals surface area contributed by atoms with Gasteiger partial charge in [-0.25, -0.2) is 13.4 Å². The first kappa shape index (κ1) is 24.0. The zero-order valence-corrected chi connectivity index (χ0v) is 21.2. The zero-order chi connectivity index (χ0) is 25.8. The Labute approximate surface area is 208 Å². The number of hydrogen-bond acceptors (Lipinski definition) is 7. The van der Waals surface area contributed by atoms with Crippen molar-refractivity contribution in [3.63, 3.8) is 0 Å². The number of hydrogen-bond donors (Lipinski definition) is 2. The van der Waals surface area contributed by atoms with Gasteiger partial charge in [-0.2, -0.15) is 9.37 Å². The number of anilines is 4. The highest BCUT2D eigenvalue weighted by molar-refractivity contribution is 7.94. The normalized spacial score (nSPS) is 16.8. The topological polar surface area (TPSA) is 114 Å². The fourth-order valence-corrected chi connectivity index (χ4v) is 5.65. The molecule has 0 saturated carbocycles. The number of carbonyl (C=O) groups excluding carboxylic acids is 1. The van der Waals surface area contributed by atoms with E-state index in [1.54, 1.807) is 56.1 Å². The molecular formula is C25H26FN5O4S. The number of benzene rings is 1. The lowest BCUT2D eigenvalue weighted by molar-refractivity contribution is 0.102. The highest BCUT2D eigenvalue weighted by atomic mass is 32.2. The van der Waals surface area contributed by atoms with Crippen molar-refractivity contribution in [3.05, 3.63) is 64.7 Å². The second kappa shape index (κ2) is 8.44. The summed E-state index contributed by atoms with van der Waals surface area (Å²) in [5.74, 6) is 0.313. The number of nitrogens with zero attached hydrogens (tertiary/aromatic N) is 3. The molecule has 9 nitrogen and oxygen atoms in total. The van der Waals surface area contributed by atoms with Crippen molar-refractivity contribution in [2.75, 3.05) is 28.1 Å². The van der Waals surface area contributed by atoms with Crippen LogP contribution in [0.2, 0.25) is 0 Å². The van der Waals surface area contributed by atoms with Gasteiger partial charge in [0.25, 0.3) is 5.91 Å². The molecule has 0 atom stereocenters. The molecule has 36 heavy (non-hydrogen) atoms. The monoisotopic (exact) mass is 511 g/mol. The molecule has 188 valence electrons. The van der Waals surface area contributed by atoms with Gasteiger partial charge in [-0.3, -0.25) is 9.52 Å². The molecule has 2 N–H and O–H groups in total. The smallest absolute Gasteiger partial charge is 0.259 e. The predicted molar refractivity (Wildman–Crippen MR) is 135 cm³/mol. The van der Waals surface area contributed by atoms with E-state index < -0.39 is 20.7 Å². The van der Waals surface area contributed by atoms with Crippen LogP contribution in [0.15, 0.2) is 36.5 Å². The molecule has 3 aromatic rings. The Balaban J connectivity index is 1.36. The summed E-state index contributed by atoms with van der Waals surface area (Å²) in [5.41, 5.74) is 3.39. The highest BCUT2D eigenvalue weighted by Gasteiger charge is 2.44. The Bertz CT molecular complexity index is 1510. The number of sulfonamides is 1. The fourth-order valence-electron chi connectivity index (χ4n) is 4.47. The summed E-state index contributed by atoms with van der Waals surface area (Å²) in [5, 5.41) is 2.85. The van der Waals surface area contributed by atoms with Crippen molar-refractivity contribution >= 4 is 38.9 Å². The molecule has 0 bridgehead atoms. The Hall–Kier alpha value is -3.73. The third-order valence-corrected chi connectivity index (χ3v) is 8.67. The minimum absolute atomic E-state index is 0.297. The molecule has 2 aliphatic heterocycles. The van der Waals surface area contributed by atoms with Gasteiger partial charge in [0.05, 0.1) is 23.5 Å². The molecule has 0 aliphatic carbocycles. The molecule has 1 aromatic carbocycles. The molecule has 5 rings (SSSR count). The quantitative estimate of drug-likeness (QED) is 0.492. The number of pyridine rings is 2. The number of carbonyl (C=O) groups is 1. The van der Waals surface area contributed by atoms with Gasteiger partial charge in [-0.15, -0.1) is 0 Å². The first-order valence-corrected chi connectivity index (χ1v) is 13.0. The van der Waals surface area contributed by atoms with Gasteiger partial charge in [0.1, 0.15) is 16.3 Å². The molecule has 0 spiro atoms. The van der Waals surface area contributed by atoms with Crippen LogP contribution in [0.1, 0.15) is 47.8 Å². The number of nitrogens with one attached hydrogen (secondary N) is 2. The van der Waals surface area contributed by atoms with Gasteiger partial charge >= 0.3 is 0 Å². The zero-order valence-electron chi connectivity index (χ0n) is 20.3. The Morgan fingerprint density at radius 2 is 1.94 bits per heavy atom. The maximum Gasteiger partial charge on any atom is 0.259 e. The van der Waals surface area contributed by atoms with Gasteiger partial charge in [0.2, 0.25) is 16.0 Å². The number of amides is 1. The summed E-state index contributed by atoms with van der Waals surface area (Å²) >= 11 is 0. The summed E-state index contributed by atoms with van der Waals surface area (Å²) in [6, 6.07) is 8.19. The van der Waals surface area contributed by atoms with Crippen LogP contribution in [0.3, 0.4) is 0 Å². The van der Waals surface area contributed by atoms with Crippen LogP contribution in [0.5, 0.6) is 5.75 Å². The van der Waals surface area contributed by atoms with Crippen molar-refractivity contribution in [1.82, 2.24) is 9.97 Å². The molecule has 2 aromatic heterocycles. The molecule has 2 aliphatic rings. The summed E-state index contributed by atoms with van der Waals surface area (Å²) in [6.07, 6.45) is 2.13. The molecule has 1 amide bonds. The van der Waals surface area contributed by atoms with Crippen molar-refractivity contribution in [2.24, 2.45) is 0 Å². The van der Waals surface area contributed by atoms with Crippen LogP contribution in [-0.4, -0.2) is 37.4 Å². The number of aryl methyl sites for hydroxylation is 1. The predicted octanol–water partition coefficient (Wildman–Crippen LogP) is 4.26. The number of rotatable bonds is 5. The second-order valence-electron chi connectivity index (χ2n) is 9.30. The molecule has 0 unspecified atom stereocenters. The lowest BCUT2D eigenvalue weighted by Gasteiger charge is -2.22. The van der Waals surface area contributed by atoms with Gasteiger partial charge in [0, 0.05) is 24.7 Å². The maximum atomic E-state index is 14.0. The molecule has 0 fully saturated rings. The largest absolute Gasteiger partial charge is 0.493 e. The minimum atomic E-state index is -3.49. The van der Waals surface area contributed by atoms with E-state index >= 15 is 0 Å². The standard InChI is InChI=1S/C25H26FN5O4S/c1-5-31-22-17(24(32)29-21-14(2)10-20(26)28-23(21)31)11-15(13-27-22)8-9-35-16-6-7-19-18(12-16)25(3,4)36(33,34)30-19/h6-7,10-13,30H,5,8-9H2,1-4H3,(H,29,32). The molecule has 11 heteroatoms. The van der Waals surface area contributed by atoms with E-state index in [1.807, 2.05) is 6.92 Å². The number of ether oxygens (including phenoxy) is 1. The minimum Gasteiger partial charge on any atom is -0.493 e. The van der Waals surface area contributed by atoms with Gasteiger partial charge in [-0.1, -0.05) is 0 Å². The van der Waals surface area contributed by atoms with E-state index in [1.165, 1.54) is 6.07 Å². The van der Waals surface area contributed by atoms with Gasteiger partial charge in [0.15, 0.2) is 5.82 Å². The van der Waals surface area contributed by atoms with Crippen LogP contribution in [0, 0.1) is 12.9 Å². The van der Waals surface area contributed by atoms with E-state index in [0.29, 0.717) is 65.0 Å². The third kappa shape index (κ3) is 3.83. The summed E-state index contributed by atoms with van der Waals surface area (Å²) in [6.45, 7) is 7.65. The van der Waals surface area contributed by atoms with E-state index in [-0.39, 0.29) is 5.91 Å². The number of aromatic nitrogens is 2. The lowest BCUT2D eigenvalue weighted by atomic mass is 10.0. The van der Waals surface area contributed by atoms with Crippen LogP contribution < -0.4 is 19.7 Å². The van der Waals surface area contributed by atoms with E-state index in [9.17, 15) is 17.6 Å². The third-order valence-electron chi connectivity index (χ3n) is 6.62. The van der Waals surface area contributed by atoms with Gasteiger partial charge in [-0.05, 0) is 69.2 Å². The Morgan fingerprint density at radius 3 is 2.69 bits per heavy atom. The molecule has 0 saturated heterocycles. The van der Waals surface area contributed by atoms with E-state index in [2.05, 4.69) is 20.0 Å². The fraction of sp³-hybridized carbons (Fsp3) is 0.320. The van der Waals surface area contributed by atoms with Crippen LogP contribution in [0.4, 0.5) is 27.4 Å². The summed E-state index contributed by atoms with van der Waals surface area (Å²) in [4.78, 5) is 23.3. The molecular weight excluding hydrogens is 485 g/mol. The number of halogens is 1. The van der Waals surface area contributed by atoms with Crippen molar-refractivity contribution in [1.29, 1.82) is 0 Å². The maximum absolute atomic E-state index is 14.0. The van der Waals surface area contributed by atoms with E-state index in [0.717, 1.165) is 5.56 Å². The Kier molecular flexibility index (Phi) is 5.62. The Morgan fingerprint density at radius 1 is 1.17 bits per heavy atom. The van der Waals surface area contributed by atoms with Crippen LogP contribution >= 0.6 is 0 Å². The van der Waals surface area contributed by atoms with E-state index in [4.69, 9.17) is 4.74 Å². The van der Waals surface area contributed by atoms with Crippen LogP contribution in [-0.2, 0) is 21.2 Å². The first-order valence-electron chi connectivity index (χ1n) is 11.6. The van der Waals surface area contributed by atoms with Crippen molar-refractivity contribution in [2.45, 2.75) is 38.9 Å². The summed E-state index contributed by atoms with van der Waals surface area (Å²) < 4.78 is 46.2. The van der Waals surface area contributed by atoms with Gasteiger partial charge < -0.3 is 15.0 Å². The SMILES string of the molecule is CCN1c2ncc(CCOc3ccc4c(c3)C(C)(C)S(=O)(=O)N4)cc2C(=O)Nc2c(C)cc(F)nc21. The average molecular weight is 512 g/mol. The summed E-state index contributed by atoms with van der Waals surface area (Å²) in [7, 11) is -3.49. The molecule has 4 heterocycles. The highest BCUT2D eigenvalue weighted by Crippen LogP contribution is 2.43. The lowest BCUT2D eigenvalue weighted by Crippen LogP contribution is -2.27. The first-order chi connectivity index (χ1) is 17.0. The average Bonchev–Trinajstić information content (AvgIpc) is 2.92. The van der Waals surface area contributed by atoms with Crippen LogP contribution in [0.25, 0.3) is 0 Å². The van der Waals surface area contributed by atoms with Crippen molar-refractivity contribution in [3.8, 4) is 5.75 Å². The number of fused-ring (bicyclic) bond motifs is 3.